The van der Waals surface area contributed by atoms with Gasteiger partial charge in [0.2, 0.25) is 5.75 Å². The van der Waals surface area contributed by atoms with Crippen molar-refractivity contribution in [3.8, 4) is 17.2 Å². The standard InChI is InChI=1S/C16H14ClNO5/c1-10-6-11(17)2-5-15(10)23-12-3-4-14(18(19)20)16(7-12)22-9-13-8-21-13/h2-7,13H,8-9H2,1H3. The van der Waals surface area contributed by atoms with E-state index >= 15 is 0 Å². The molecule has 120 valence electrons. The van der Waals surface area contributed by atoms with Gasteiger partial charge in [0.25, 0.3) is 0 Å². The molecule has 1 aliphatic rings. The molecule has 0 aliphatic carbocycles. The van der Waals surface area contributed by atoms with E-state index in [0.717, 1.165) is 5.56 Å². The van der Waals surface area contributed by atoms with Gasteiger partial charge in [-0.15, -0.1) is 0 Å². The lowest BCUT2D eigenvalue weighted by Crippen LogP contribution is -2.06. The van der Waals surface area contributed by atoms with Crippen LogP contribution in [0.1, 0.15) is 5.56 Å². The molecule has 1 fully saturated rings. The van der Waals surface area contributed by atoms with Gasteiger partial charge in [-0.1, -0.05) is 11.6 Å². The molecule has 1 unspecified atom stereocenters. The monoisotopic (exact) mass is 335 g/mol. The molecule has 0 bridgehead atoms. The van der Waals surface area contributed by atoms with E-state index in [1.807, 2.05) is 6.92 Å². The van der Waals surface area contributed by atoms with Crippen molar-refractivity contribution in [2.75, 3.05) is 13.2 Å². The first kappa shape index (κ1) is 15.6. The molecule has 1 saturated heterocycles. The van der Waals surface area contributed by atoms with E-state index in [4.69, 9.17) is 25.8 Å². The third-order valence-electron chi connectivity index (χ3n) is 3.32. The molecule has 3 rings (SSSR count). The first-order valence-electron chi connectivity index (χ1n) is 7.00. The topological polar surface area (TPSA) is 74.1 Å². The van der Waals surface area contributed by atoms with E-state index < -0.39 is 4.92 Å². The van der Waals surface area contributed by atoms with Crippen molar-refractivity contribution in [3.05, 3.63) is 57.1 Å². The fourth-order valence-electron chi connectivity index (χ4n) is 2.03. The highest BCUT2D eigenvalue weighted by Gasteiger charge is 2.25. The van der Waals surface area contributed by atoms with Gasteiger partial charge < -0.3 is 14.2 Å². The Morgan fingerprint density at radius 2 is 2.09 bits per heavy atom. The number of hydrogen-bond donors (Lipinski definition) is 0. The number of ether oxygens (including phenoxy) is 3. The lowest BCUT2D eigenvalue weighted by Gasteiger charge is -2.11. The summed E-state index contributed by atoms with van der Waals surface area (Å²) in [6.45, 7) is 2.77. The molecule has 0 saturated carbocycles. The van der Waals surface area contributed by atoms with Crippen LogP contribution in [0.2, 0.25) is 5.02 Å². The van der Waals surface area contributed by atoms with Gasteiger partial charge in [-0.3, -0.25) is 10.1 Å². The summed E-state index contributed by atoms with van der Waals surface area (Å²) in [4.78, 5) is 10.6. The van der Waals surface area contributed by atoms with Crippen LogP contribution in [0, 0.1) is 17.0 Å². The van der Waals surface area contributed by atoms with Gasteiger partial charge in [-0.25, -0.2) is 0 Å². The van der Waals surface area contributed by atoms with Crippen LogP contribution >= 0.6 is 11.6 Å². The van der Waals surface area contributed by atoms with Crippen LogP contribution < -0.4 is 9.47 Å². The first-order chi connectivity index (χ1) is 11.0. The van der Waals surface area contributed by atoms with E-state index in [-0.39, 0.29) is 24.1 Å². The third-order valence-corrected chi connectivity index (χ3v) is 3.55. The summed E-state index contributed by atoms with van der Waals surface area (Å²) in [5, 5.41) is 11.7. The van der Waals surface area contributed by atoms with Gasteiger partial charge in [0, 0.05) is 17.2 Å². The first-order valence-corrected chi connectivity index (χ1v) is 7.37. The number of hydrogen-bond acceptors (Lipinski definition) is 5. The molecule has 0 amide bonds. The smallest absolute Gasteiger partial charge is 0.311 e. The highest BCUT2D eigenvalue weighted by atomic mass is 35.5. The molecule has 0 aromatic heterocycles. The van der Waals surface area contributed by atoms with Crippen LogP contribution in [0.3, 0.4) is 0 Å². The Morgan fingerprint density at radius 1 is 1.30 bits per heavy atom. The molecule has 2 aromatic rings. The summed E-state index contributed by atoms with van der Waals surface area (Å²) in [6.07, 6.45) is 0.0117. The Morgan fingerprint density at radius 3 is 2.74 bits per heavy atom. The number of nitrogens with zero attached hydrogens (tertiary/aromatic N) is 1. The second-order valence-electron chi connectivity index (χ2n) is 5.16. The van der Waals surface area contributed by atoms with Crippen LogP contribution in [0.15, 0.2) is 36.4 Å². The van der Waals surface area contributed by atoms with Crippen molar-refractivity contribution in [3.63, 3.8) is 0 Å². The minimum atomic E-state index is -0.486. The fraction of sp³-hybridized carbons (Fsp3) is 0.250. The maximum Gasteiger partial charge on any atom is 0.311 e. The number of benzene rings is 2. The molecule has 0 N–H and O–H groups in total. The van der Waals surface area contributed by atoms with Gasteiger partial charge in [0.05, 0.1) is 11.5 Å². The second-order valence-corrected chi connectivity index (χ2v) is 5.60. The Balaban J connectivity index is 1.83. The van der Waals surface area contributed by atoms with Crippen LogP contribution in [-0.2, 0) is 4.74 Å². The molecule has 1 aliphatic heterocycles. The lowest BCUT2D eigenvalue weighted by molar-refractivity contribution is -0.385. The highest BCUT2D eigenvalue weighted by molar-refractivity contribution is 6.30. The van der Waals surface area contributed by atoms with E-state index in [2.05, 4.69) is 0 Å². The normalized spacial score (nSPS) is 16.0. The Labute approximate surface area is 137 Å². The summed E-state index contributed by atoms with van der Waals surface area (Å²) >= 11 is 5.92. The van der Waals surface area contributed by atoms with Crippen LogP contribution in [0.4, 0.5) is 5.69 Å². The summed E-state index contributed by atoms with van der Waals surface area (Å²) in [7, 11) is 0. The summed E-state index contributed by atoms with van der Waals surface area (Å²) in [6, 6.07) is 9.66. The van der Waals surface area contributed by atoms with Crippen molar-refractivity contribution in [1.29, 1.82) is 0 Å². The Hall–Kier alpha value is -2.31. The van der Waals surface area contributed by atoms with E-state index in [9.17, 15) is 10.1 Å². The number of aryl methyl sites for hydroxylation is 1. The predicted molar refractivity (Wildman–Crippen MR) is 84.6 cm³/mol. The van der Waals surface area contributed by atoms with Gasteiger partial charge in [0.15, 0.2) is 0 Å². The zero-order valence-electron chi connectivity index (χ0n) is 12.3. The van der Waals surface area contributed by atoms with Crippen molar-refractivity contribution >= 4 is 17.3 Å². The van der Waals surface area contributed by atoms with Crippen molar-refractivity contribution in [1.82, 2.24) is 0 Å². The minimum absolute atomic E-state index is 0.0117. The second kappa shape index (κ2) is 6.44. The zero-order valence-corrected chi connectivity index (χ0v) is 13.1. The van der Waals surface area contributed by atoms with Crippen molar-refractivity contribution < 1.29 is 19.1 Å². The largest absolute Gasteiger partial charge is 0.484 e. The average Bonchev–Trinajstić information content (AvgIpc) is 3.32. The highest BCUT2D eigenvalue weighted by Crippen LogP contribution is 2.35. The molecule has 0 spiro atoms. The molecular formula is C16H14ClNO5. The quantitative estimate of drug-likeness (QED) is 0.451. The van der Waals surface area contributed by atoms with Crippen molar-refractivity contribution in [2.45, 2.75) is 13.0 Å². The average molecular weight is 336 g/mol. The zero-order chi connectivity index (χ0) is 16.4. The van der Waals surface area contributed by atoms with E-state index in [1.165, 1.54) is 18.2 Å². The predicted octanol–water partition coefficient (Wildman–Crippen LogP) is 4.13. The number of halogens is 1. The molecule has 1 atom stereocenters. The molecule has 6 nitrogen and oxygen atoms in total. The molecular weight excluding hydrogens is 322 g/mol. The maximum atomic E-state index is 11.1. The third kappa shape index (κ3) is 3.91. The van der Waals surface area contributed by atoms with Crippen LogP contribution in [0.25, 0.3) is 0 Å². The molecule has 2 aromatic carbocycles. The van der Waals surface area contributed by atoms with Gasteiger partial charge >= 0.3 is 5.69 Å². The fourth-order valence-corrected chi connectivity index (χ4v) is 2.25. The van der Waals surface area contributed by atoms with Gasteiger partial charge in [0.1, 0.15) is 24.2 Å². The number of epoxide rings is 1. The van der Waals surface area contributed by atoms with Crippen LogP contribution in [0.5, 0.6) is 17.2 Å². The molecule has 23 heavy (non-hydrogen) atoms. The Kier molecular flexibility index (Phi) is 4.36. The number of rotatable bonds is 6. The molecule has 1 heterocycles. The van der Waals surface area contributed by atoms with E-state index in [1.54, 1.807) is 18.2 Å². The van der Waals surface area contributed by atoms with Gasteiger partial charge in [-0.2, -0.15) is 0 Å². The van der Waals surface area contributed by atoms with E-state index in [0.29, 0.717) is 23.1 Å². The summed E-state index contributed by atoms with van der Waals surface area (Å²) < 4.78 is 16.3. The number of nitro groups is 1. The number of nitro benzene ring substituents is 1. The maximum absolute atomic E-state index is 11.1. The minimum Gasteiger partial charge on any atom is -0.484 e. The Bertz CT molecular complexity index is 745. The SMILES string of the molecule is Cc1cc(Cl)ccc1Oc1ccc([N+](=O)[O-])c(OCC2CO2)c1. The molecule has 7 heteroatoms. The lowest BCUT2D eigenvalue weighted by atomic mass is 10.2. The summed E-state index contributed by atoms with van der Waals surface area (Å²) in [5.74, 6) is 1.24. The molecule has 0 radical (unpaired) electrons. The van der Waals surface area contributed by atoms with Gasteiger partial charge in [-0.05, 0) is 36.8 Å². The summed E-state index contributed by atoms with van der Waals surface area (Å²) in [5.41, 5.74) is 0.760. The van der Waals surface area contributed by atoms with Crippen LogP contribution in [-0.4, -0.2) is 24.2 Å². The van der Waals surface area contributed by atoms with Crippen molar-refractivity contribution in [2.24, 2.45) is 0 Å².